The maximum Gasteiger partial charge on any atom is 0.226 e. The number of nitrogens with one attached hydrogen (secondary N) is 1. The summed E-state index contributed by atoms with van der Waals surface area (Å²) in [5.41, 5.74) is 4.41. The Balaban J connectivity index is 1.57. The van der Waals surface area contributed by atoms with E-state index in [2.05, 4.69) is 60.8 Å². The van der Waals surface area contributed by atoms with Crippen LogP contribution < -0.4 is 5.32 Å². The molecule has 2 aromatic carbocycles. The van der Waals surface area contributed by atoms with Gasteiger partial charge in [0.15, 0.2) is 0 Å². The average Bonchev–Trinajstić information content (AvgIpc) is 2.85. The molecule has 0 atom stereocenters. The minimum Gasteiger partial charge on any atom is -0.356 e. The van der Waals surface area contributed by atoms with Crippen LogP contribution in [0.5, 0.6) is 0 Å². The molecular formula is C29H38N2O2. The van der Waals surface area contributed by atoms with Gasteiger partial charge in [0.05, 0.1) is 5.41 Å². The van der Waals surface area contributed by atoms with E-state index in [9.17, 15) is 9.59 Å². The van der Waals surface area contributed by atoms with Crippen LogP contribution in [-0.2, 0) is 16.0 Å². The topological polar surface area (TPSA) is 49.4 Å². The molecule has 2 aromatic rings. The first-order valence-corrected chi connectivity index (χ1v) is 12.7. The van der Waals surface area contributed by atoms with Gasteiger partial charge in [0, 0.05) is 25.6 Å². The summed E-state index contributed by atoms with van der Waals surface area (Å²) in [6.07, 6.45) is 7.80. The molecule has 1 aliphatic heterocycles. The van der Waals surface area contributed by atoms with Crippen LogP contribution in [0.3, 0.4) is 0 Å². The zero-order valence-corrected chi connectivity index (χ0v) is 20.2. The molecule has 1 N–H and O–H groups in total. The van der Waals surface area contributed by atoms with Gasteiger partial charge in [-0.3, -0.25) is 9.59 Å². The quantitative estimate of drug-likeness (QED) is 0.634. The Morgan fingerprint density at radius 1 is 0.939 bits per heavy atom. The van der Waals surface area contributed by atoms with Crippen molar-refractivity contribution in [2.24, 2.45) is 11.3 Å². The third-order valence-corrected chi connectivity index (χ3v) is 7.79. The summed E-state index contributed by atoms with van der Waals surface area (Å²) in [7, 11) is 0. The second-order valence-corrected chi connectivity index (χ2v) is 9.95. The van der Waals surface area contributed by atoms with Gasteiger partial charge in [-0.2, -0.15) is 0 Å². The number of benzene rings is 2. The van der Waals surface area contributed by atoms with Crippen molar-refractivity contribution in [1.82, 2.24) is 10.2 Å². The molecule has 33 heavy (non-hydrogen) atoms. The molecule has 176 valence electrons. The molecule has 1 saturated heterocycles. The number of nitrogens with zero attached hydrogens (tertiary/aromatic N) is 1. The van der Waals surface area contributed by atoms with Crippen molar-refractivity contribution in [1.29, 1.82) is 0 Å². The van der Waals surface area contributed by atoms with Gasteiger partial charge in [0.25, 0.3) is 0 Å². The van der Waals surface area contributed by atoms with Gasteiger partial charge >= 0.3 is 0 Å². The number of carbonyl (C=O) groups excluding carboxylic acids is 2. The van der Waals surface area contributed by atoms with Crippen molar-refractivity contribution in [3.05, 3.63) is 59.7 Å². The lowest BCUT2D eigenvalue weighted by atomic mass is 9.71. The summed E-state index contributed by atoms with van der Waals surface area (Å²) in [5, 5.41) is 3.11. The third kappa shape index (κ3) is 5.15. The molecule has 4 rings (SSSR count). The molecule has 1 saturated carbocycles. The maximum atomic E-state index is 13.4. The molecule has 0 spiro atoms. The molecule has 2 aliphatic rings. The van der Waals surface area contributed by atoms with Gasteiger partial charge in [0.1, 0.15) is 0 Å². The van der Waals surface area contributed by atoms with Gasteiger partial charge in [-0.1, -0.05) is 67.8 Å². The van der Waals surface area contributed by atoms with E-state index in [-0.39, 0.29) is 11.8 Å². The van der Waals surface area contributed by atoms with E-state index in [1.54, 1.807) is 0 Å². The molecule has 2 amide bonds. The van der Waals surface area contributed by atoms with Crippen molar-refractivity contribution in [2.75, 3.05) is 19.6 Å². The first-order chi connectivity index (χ1) is 16.0. The SMILES string of the molecule is CCNC(=O)C1(Cc2ccccc2-c2ccccc2C)CCN(C(=O)C2CCCCC2)CC1. The number of likely N-dealkylation sites (tertiary alicyclic amines) is 1. The predicted octanol–water partition coefficient (Wildman–Crippen LogP) is 5.53. The van der Waals surface area contributed by atoms with Crippen molar-refractivity contribution in [3.8, 4) is 11.1 Å². The fraction of sp³-hybridized carbons (Fsp3) is 0.517. The molecule has 0 bridgehead atoms. The number of hydrogen-bond donors (Lipinski definition) is 1. The van der Waals surface area contributed by atoms with E-state index in [4.69, 9.17) is 0 Å². The first-order valence-electron chi connectivity index (χ1n) is 12.7. The smallest absolute Gasteiger partial charge is 0.226 e. The standard InChI is InChI=1S/C29H38N2O2/c1-3-30-28(33)29(17-19-31(20-18-29)27(32)23-12-5-4-6-13-23)21-24-14-8-10-16-26(24)25-15-9-7-11-22(25)2/h7-11,14-16,23H,3-6,12-13,17-21H2,1-2H3,(H,30,33). The van der Waals surface area contributed by atoms with Crippen molar-refractivity contribution in [2.45, 2.75) is 65.2 Å². The number of piperidine rings is 1. The third-order valence-electron chi connectivity index (χ3n) is 7.79. The van der Waals surface area contributed by atoms with Crippen molar-refractivity contribution in [3.63, 3.8) is 0 Å². The van der Waals surface area contributed by atoms with Gasteiger partial charge < -0.3 is 10.2 Å². The molecule has 4 nitrogen and oxygen atoms in total. The summed E-state index contributed by atoms with van der Waals surface area (Å²) in [5.74, 6) is 0.645. The normalized spacial score (nSPS) is 18.7. The zero-order valence-electron chi connectivity index (χ0n) is 20.2. The van der Waals surface area contributed by atoms with E-state index in [0.29, 0.717) is 32.0 Å². The Hall–Kier alpha value is -2.62. The van der Waals surface area contributed by atoms with Gasteiger partial charge in [-0.25, -0.2) is 0 Å². The second kappa shape index (κ2) is 10.5. The van der Waals surface area contributed by atoms with E-state index < -0.39 is 5.41 Å². The Morgan fingerprint density at radius 3 is 2.24 bits per heavy atom. The molecule has 2 fully saturated rings. The van der Waals surface area contributed by atoms with Crippen LogP contribution >= 0.6 is 0 Å². The largest absolute Gasteiger partial charge is 0.356 e. The second-order valence-electron chi connectivity index (χ2n) is 9.95. The Labute approximate surface area is 198 Å². The van der Waals surface area contributed by atoms with Crippen LogP contribution in [0.1, 0.15) is 63.0 Å². The number of carbonyl (C=O) groups is 2. The molecule has 0 aromatic heterocycles. The molecule has 4 heteroatoms. The molecular weight excluding hydrogens is 408 g/mol. The lowest BCUT2D eigenvalue weighted by Gasteiger charge is -2.42. The lowest BCUT2D eigenvalue weighted by molar-refractivity contribution is -0.143. The molecule has 0 radical (unpaired) electrons. The van der Waals surface area contributed by atoms with Crippen molar-refractivity contribution < 1.29 is 9.59 Å². The highest BCUT2D eigenvalue weighted by atomic mass is 16.2. The van der Waals surface area contributed by atoms with Gasteiger partial charge in [-0.15, -0.1) is 0 Å². The van der Waals surface area contributed by atoms with Crippen LogP contribution in [0.4, 0.5) is 0 Å². The van der Waals surface area contributed by atoms with Crippen molar-refractivity contribution >= 4 is 11.8 Å². The fourth-order valence-electron chi connectivity index (χ4n) is 5.77. The monoisotopic (exact) mass is 446 g/mol. The highest BCUT2D eigenvalue weighted by Crippen LogP contribution is 2.39. The lowest BCUT2D eigenvalue weighted by Crippen LogP contribution is -2.52. The molecule has 0 unspecified atom stereocenters. The number of aryl methyl sites for hydroxylation is 1. The Bertz CT molecular complexity index is 969. The highest BCUT2D eigenvalue weighted by Gasteiger charge is 2.43. The summed E-state index contributed by atoms with van der Waals surface area (Å²) < 4.78 is 0. The van der Waals surface area contributed by atoms with Crippen LogP contribution in [0.15, 0.2) is 48.5 Å². The number of rotatable bonds is 6. The Kier molecular flexibility index (Phi) is 7.52. The summed E-state index contributed by atoms with van der Waals surface area (Å²) in [6, 6.07) is 16.9. The predicted molar refractivity (Wildman–Crippen MR) is 134 cm³/mol. The maximum absolute atomic E-state index is 13.4. The van der Waals surface area contributed by atoms with E-state index in [1.165, 1.54) is 41.5 Å². The minimum absolute atomic E-state index is 0.134. The highest BCUT2D eigenvalue weighted by molar-refractivity contribution is 5.85. The zero-order chi connectivity index (χ0) is 23.3. The van der Waals surface area contributed by atoms with Crippen LogP contribution in [0, 0.1) is 18.3 Å². The van der Waals surface area contributed by atoms with E-state index in [0.717, 1.165) is 25.7 Å². The summed E-state index contributed by atoms with van der Waals surface area (Å²) in [4.78, 5) is 28.6. The van der Waals surface area contributed by atoms with E-state index >= 15 is 0 Å². The first kappa shape index (κ1) is 23.5. The summed E-state index contributed by atoms with van der Waals surface area (Å²) >= 11 is 0. The summed E-state index contributed by atoms with van der Waals surface area (Å²) in [6.45, 7) is 6.11. The van der Waals surface area contributed by atoms with Crippen LogP contribution in [0.2, 0.25) is 0 Å². The van der Waals surface area contributed by atoms with Gasteiger partial charge in [-0.05, 0) is 68.2 Å². The van der Waals surface area contributed by atoms with Gasteiger partial charge in [0.2, 0.25) is 11.8 Å². The average molecular weight is 447 g/mol. The van der Waals surface area contributed by atoms with Crippen LogP contribution in [-0.4, -0.2) is 36.3 Å². The van der Waals surface area contributed by atoms with Crippen LogP contribution in [0.25, 0.3) is 11.1 Å². The number of hydrogen-bond acceptors (Lipinski definition) is 2. The Morgan fingerprint density at radius 2 is 1.58 bits per heavy atom. The van der Waals surface area contributed by atoms with E-state index in [1.807, 2.05) is 11.8 Å². The minimum atomic E-state index is -0.474. The number of amides is 2. The molecule has 1 heterocycles. The fourth-order valence-corrected chi connectivity index (χ4v) is 5.77. The molecule has 1 aliphatic carbocycles.